The van der Waals surface area contributed by atoms with Crippen molar-refractivity contribution in [2.45, 2.75) is 25.9 Å². The van der Waals surface area contributed by atoms with Crippen molar-refractivity contribution in [3.63, 3.8) is 0 Å². The summed E-state index contributed by atoms with van der Waals surface area (Å²) in [7, 11) is 0. The summed E-state index contributed by atoms with van der Waals surface area (Å²) < 4.78 is 0. The molecule has 1 aromatic carbocycles. The molecule has 0 saturated heterocycles. The van der Waals surface area contributed by atoms with Gasteiger partial charge in [-0.1, -0.05) is 36.7 Å². The lowest BCUT2D eigenvalue weighted by molar-refractivity contribution is 0.172. The van der Waals surface area contributed by atoms with Crippen molar-refractivity contribution in [1.29, 1.82) is 0 Å². The molecule has 2 N–H and O–H groups in total. The lowest BCUT2D eigenvalue weighted by Crippen LogP contribution is -2.28. The number of rotatable bonds is 6. The van der Waals surface area contributed by atoms with Gasteiger partial charge in [-0.2, -0.15) is 0 Å². The lowest BCUT2D eigenvalue weighted by Gasteiger charge is -2.12. The smallest absolute Gasteiger partial charge is 0.0705 e. The van der Waals surface area contributed by atoms with Gasteiger partial charge in [-0.05, 0) is 24.6 Å². The van der Waals surface area contributed by atoms with Gasteiger partial charge in [0.15, 0.2) is 0 Å². The first-order chi connectivity index (χ1) is 7.24. The Bertz CT molecular complexity index is 291. The van der Waals surface area contributed by atoms with Gasteiger partial charge >= 0.3 is 0 Å². The van der Waals surface area contributed by atoms with E-state index in [2.05, 4.69) is 12.2 Å². The number of nitrogens with one attached hydrogen (secondary N) is 1. The van der Waals surface area contributed by atoms with Gasteiger partial charge in [0.1, 0.15) is 0 Å². The minimum atomic E-state index is -0.364. The van der Waals surface area contributed by atoms with E-state index < -0.39 is 0 Å². The molecule has 0 spiro atoms. The second-order valence-electron chi connectivity index (χ2n) is 3.65. The first-order valence-corrected chi connectivity index (χ1v) is 5.74. The lowest BCUT2D eigenvalue weighted by atomic mass is 10.1. The molecule has 1 unspecified atom stereocenters. The Labute approximate surface area is 96.3 Å². The summed E-state index contributed by atoms with van der Waals surface area (Å²) in [4.78, 5) is 0. The number of halogens is 1. The van der Waals surface area contributed by atoms with Gasteiger partial charge in [0.05, 0.1) is 6.10 Å². The monoisotopic (exact) mass is 227 g/mol. The topological polar surface area (TPSA) is 32.3 Å². The van der Waals surface area contributed by atoms with Gasteiger partial charge in [-0.25, -0.2) is 0 Å². The largest absolute Gasteiger partial charge is 0.391 e. The van der Waals surface area contributed by atoms with Gasteiger partial charge in [0, 0.05) is 18.0 Å². The van der Waals surface area contributed by atoms with Crippen LogP contribution in [0.2, 0.25) is 5.02 Å². The van der Waals surface area contributed by atoms with E-state index >= 15 is 0 Å². The molecular weight excluding hydrogens is 210 g/mol. The van der Waals surface area contributed by atoms with E-state index in [1.54, 1.807) is 0 Å². The van der Waals surface area contributed by atoms with Gasteiger partial charge in [0.25, 0.3) is 0 Å². The predicted molar refractivity (Wildman–Crippen MR) is 64.3 cm³/mol. The molecule has 0 aliphatic heterocycles. The van der Waals surface area contributed by atoms with E-state index in [4.69, 9.17) is 11.6 Å². The normalized spacial score (nSPS) is 12.7. The minimum absolute atomic E-state index is 0.364. The molecule has 1 rings (SSSR count). The van der Waals surface area contributed by atoms with Crippen LogP contribution in [0.3, 0.4) is 0 Å². The summed E-state index contributed by atoms with van der Waals surface area (Å²) >= 11 is 6.00. The van der Waals surface area contributed by atoms with Crippen molar-refractivity contribution in [3.8, 4) is 0 Å². The average Bonchev–Trinajstić information content (AvgIpc) is 2.22. The molecule has 1 atom stereocenters. The highest BCUT2D eigenvalue weighted by Crippen LogP contribution is 2.16. The first kappa shape index (κ1) is 12.5. The van der Waals surface area contributed by atoms with Crippen molar-refractivity contribution < 1.29 is 5.11 Å². The van der Waals surface area contributed by atoms with Crippen LogP contribution in [-0.4, -0.2) is 24.3 Å². The first-order valence-electron chi connectivity index (χ1n) is 5.36. The maximum Gasteiger partial charge on any atom is 0.0705 e. The van der Waals surface area contributed by atoms with Gasteiger partial charge in [0.2, 0.25) is 0 Å². The van der Waals surface area contributed by atoms with E-state index in [9.17, 15) is 5.11 Å². The summed E-state index contributed by atoms with van der Waals surface area (Å²) in [6, 6.07) is 7.63. The zero-order valence-electron chi connectivity index (χ0n) is 9.04. The number of hydrogen-bond acceptors (Lipinski definition) is 2. The second kappa shape index (κ2) is 6.83. The third-order valence-electron chi connectivity index (χ3n) is 2.22. The molecule has 0 bridgehead atoms. The summed E-state index contributed by atoms with van der Waals surface area (Å²) in [6.45, 7) is 3.67. The van der Waals surface area contributed by atoms with E-state index in [1.807, 2.05) is 24.3 Å². The molecule has 3 heteroatoms. The number of aliphatic hydroxyl groups is 1. The zero-order valence-corrected chi connectivity index (χ0v) is 9.80. The van der Waals surface area contributed by atoms with E-state index in [0.717, 1.165) is 23.6 Å². The minimum Gasteiger partial charge on any atom is -0.391 e. The fourth-order valence-electron chi connectivity index (χ4n) is 1.44. The van der Waals surface area contributed by atoms with Crippen LogP contribution in [0, 0.1) is 0 Å². The number of aliphatic hydroxyl groups excluding tert-OH is 1. The second-order valence-corrected chi connectivity index (χ2v) is 4.06. The third-order valence-corrected chi connectivity index (χ3v) is 2.59. The Hall–Kier alpha value is -0.570. The van der Waals surface area contributed by atoms with Crippen LogP contribution in [0.15, 0.2) is 24.3 Å². The highest BCUT2D eigenvalue weighted by Gasteiger charge is 2.07. The maximum atomic E-state index is 9.73. The van der Waals surface area contributed by atoms with Crippen LogP contribution in [0.25, 0.3) is 0 Å². The van der Waals surface area contributed by atoms with Crippen LogP contribution in [-0.2, 0) is 6.42 Å². The number of benzene rings is 1. The maximum absolute atomic E-state index is 9.73. The fourth-order valence-corrected chi connectivity index (χ4v) is 1.65. The summed E-state index contributed by atoms with van der Waals surface area (Å²) in [6.07, 6.45) is 1.33. The molecule has 2 nitrogen and oxygen atoms in total. The summed E-state index contributed by atoms with van der Waals surface area (Å²) in [5.74, 6) is 0. The molecule has 15 heavy (non-hydrogen) atoms. The molecule has 0 saturated carbocycles. The Morgan fingerprint density at radius 2 is 2.13 bits per heavy atom. The Morgan fingerprint density at radius 1 is 1.40 bits per heavy atom. The SMILES string of the molecule is CCCNCC(O)Cc1ccccc1Cl. The van der Waals surface area contributed by atoms with Crippen LogP contribution in [0.1, 0.15) is 18.9 Å². The molecular formula is C12H18ClNO. The van der Waals surface area contributed by atoms with Gasteiger partial charge < -0.3 is 10.4 Å². The zero-order chi connectivity index (χ0) is 11.1. The van der Waals surface area contributed by atoms with E-state index in [0.29, 0.717) is 13.0 Å². The van der Waals surface area contributed by atoms with Crippen LogP contribution in [0.5, 0.6) is 0 Å². The van der Waals surface area contributed by atoms with Crippen molar-refractivity contribution >= 4 is 11.6 Å². The highest BCUT2D eigenvalue weighted by molar-refractivity contribution is 6.31. The van der Waals surface area contributed by atoms with E-state index in [-0.39, 0.29) is 6.10 Å². The predicted octanol–water partition coefficient (Wildman–Crippen LogP) is 2.24. The van der Waals surface area contributed by atoms with Crippen molar-refractivity contribution in [3.05, 3.63) is 34.9 Å². The molecule has 0 heterocycles. The van der Waals surface area contributed by atoms with Crippen molar-refractivity contribution in [2.75, 3.05) is 13.1 Å². The van der Waals surface area contributed by atoms with Crippen LogP contribution >= 0.6 is 11.6 Å². The van der Waals surface area contributed by atoms with Gasteiger partial charge in [-0.15, -0.1) is 0 Å². The Kier molecular flexibility index (Phi) is 5.69. The molecule has 0 fully saturated rings. The molecule has 0 radical (unpaired) electrons. The highest BCUT2D eigenvalue weighted by atomic mass is 35.5. The fraction of sp³-hybridized carbons (Fsp3) is 0.500. The van der Waals surface area contributed by atoms with Crippen LogP contribution < -0.4 is 5.32 Å². The van der Waals surface area contributed by atoms with E-state index in [1.165, 1.54) is 0 Å². The molecule has 0 aromatic heterocycles. The quantitative estimate of drug-likeness (QED) is 0.731. The standard InChI is InChI=1S/C12H18ClNO/c1-2-7-14-9-11(15)8-10-5-3-4-6-12(10)13/h3-6,11,14-15H,2,7-9H2,1H3. The Morgan fingerprint density at radius 3 is 2.80 bits per heavy atom. The molecule has 84 valence electrons. The average molecular weight is 228 g/mol. The number of hydrogen-bond donors (Lipinski definition) is 2. The summed E-state index contributed by atoms with van der Waals surface area (Å²) in [5.41, 5.74) is 1.00. The van der Waals surface area contributed by atoms with Crippen LogP contribution in [0.4, 0.5) is 0 Å². The molecule has 1 aromatic rings. The van der Waals surface area contributed by atoms with Gasteiger partial charge in [-0.3, -0.25) is 0 Å². The molecule has 0 aliphatic rings. The Balaban J connectivity index is 2.37. The van der Waals surface area contributed by atoms with Crippen molar-refractivity contribution in [2.24, 2.45) is 0 Å². The molecule has 0 amide bonds. The third kappa shape index (κ3) is 4.65. The van der Waals surface area contributed by atoms with Crippen molar-refractivity contribution in [1.82, 2.24) is 5.32 Å². The molecule has 0 aliphatic carbocycles. The summed E-state index contributed by atoms with van der Waals surface area (Å²) in [5, 5.41) is 13.6.